The minimum atomic E-state index is -0.0620. The van der Waals surface area contributed by atoms with E-state index in [0.717, 1.165) is 72.5 Å². The van der Waals surface area contributed by atoms with E-state index in [-0.39, 0.29) is 16.8 Å². The summed E-state index contributed by atoms with van der Waals surface area (Å²) in [6, 6.07) is 62.6. The van der Waals surface area contributed by atoms with Gasteiger partial charge in [-0.1, -0.05) is 178 Å². The van der Waals surface area contributed by atoms with Gasteiger partial charge in [0.15, 0.2) is 5.82 Å². The Hall–Kier alpha value is -7.89. The number of nitrogens with one attached hydrogen (secondary N) is 2. The van der Waals surface area contributed by atoms with E-state index >= 15 is 0 Å². The molecule has 0 atom stereocenters. The molecule has 2 N–H and O–H groups in total. The van der Waals surface area contributed by atoms with Crippen LogP contribution in [0.5, 0.6) is 0 Å². The average molecular weight is 782 g/mol. The van der Waals surface area contributed by atoms with Crippen LogP contribution >= 0.6 is 0 Å². The molecule has 0 amide bonds. The number of aromatic nitrogens is 3. The van der Waals surface area contributed by atoms with E-state index in [1.54, 1.807) is 0 Å². The first-order chi connectivity index (χ1) is 29.8. The lowest BCUT2D eigenvalue weighted by molar-refractivity contribution is 0.660. The van der Waals surface area contributed by atoms with Crippen molar-refractivity contribution in [1.82, 2.24) is 15.0 Å². The lowest BCUT2D eigenvalue weighted by atomic mass is 9.81. The summed E-state index contributed by atoms with van der Waals surface area (Å²) in [6.07, 6.45) is 2.04. The lowest BCUT2D eigenvalue weighted by Gasteiger charge is -2.23. The molecule has 2 heterocycles. The molecule has 0 radical (unpaired) electrons. The first-order valence-corrected chi connectivity index (χ1v) is 20.6. The second-order valence-electron chi connectivity index (χ2n) is 16.4. The third-order valence-corrected chi connectivity index (χ3v) is 12.4. The summed E-state index contributed by atoms with van der Waals surface area (Å²) in [5, 5.41) is 19.4. The summed E-state index contributed by atoms with van der Waals surface area (Å²) in [5.74, 6) is 0.650. The fraction of sp³-hybridized carbons (Fsp3) is 0.0536. The second-order valence-corrected chi connectivity index (χ2v) is 16.4. The number of allylic oxidation sites excluding steroid dienone is 1. The zero-order chi connectivity index (χ0) is 41.2. The maximum Gasteiger partial charge on any atom is 0.160 e. The summed E-state index contributed by atoms with van der Waals surface area (Å²) >= 11 is 0. The SMILES string of the molecule is CC1(C)c2ccccc2-c2ccc(-c3ccc(-c4cc(-c5ccc(C6=Cc7c(-c8ccccc8)nc8ccccc8c7C(=N)C6=N)cc5)nc(-c5ccccc5)n4)cc3)cc21. The highest BCUT2D eigenvalue weighted by molar-refractivity contribution is 6.64. The zero-order valence-electron chi connectivity index (χ0n) is 33.7. The summed E-state index contributed by atoms with van der Waals surface area (Å²) < 4.78 is 0. The van der Waals surface area contributed by atoms with Gasteiger partial charge in [-0.2, -0.15) is 0 Å². The molecular formula is C56H39N5. The number of fused-ring (bicyclic) bond motifs is 6. The van der Waals surface area contributed by atoms with Crippen molar-refractivity contribution in [3.8, 4) is 67.4 Å². The molecule has 9 aromatic rings. The van der Waals surface area contributed by atoms with Crippen molar-refractivity contribution in [3.63, 3.8) is 0 Å². The number of hydrogen-bond donors (Lipinski definition) is 2. The summed E-state index contributed by atoms with van der Waals surface area (Å²) in [6.45, 7) is 4.64. The molecule has 0 fully saturated rings. The Kier molecular flexibility index (Phi) is 8.39. The Morgan fingerprint density at radius 3 is 1.69 bits per heavy atom. The van der Waals surface area contributed by atoms with Gasteiger partial charge in [-0.05, 0) is 63.2 Å². The van der Waals surface area contributed by atoms with E-state index in [2.05, 4.69) is 98.8 Å². The van der Waals surface area contributed by atoms with Gasteiger partial charge >= 0.3 is 0 Å². The largest absolute Gasteiger partial charge is 0.298 e. The Balaban J connectivity index is 0.957. The van der Waals surface area contributed by atoms with Crippen molar-refractivity contribution in [2.24, 2.45) is 0 Å². The predicted molar refractivity (Wildman–Crippen MR) is 251 cm³/mol. The standard InChI is InChI=1S/C56H39N5/c1-56(2)46-19-11-9-17-41(46)42-30-29-40(31-47(42)56)34-21-25-36(26-22-34)49-33-50(61-55(60-49)39-15-7-4-8-16-39)37-27-23-35(24-28-37)44-32-45-51(53(58)52(44)57)43-18-10-12-20-48(43)59-54(45)38-13-5-3-6-14-38/h3-33,57-58H,1-2H3. The van der Waals surface area contributed by atoms with Crippen molar-refractivity contribution < 1.29 is 0 Å². The van der Waals surface area contributed by atoms with Crippen LogP contribution in [0.3, 0.4) is 0 Å². The molecule has 0 bridgehead atoms. The third kappa shape index (κ3) is 6.05. The molecule has 11 rings (SSSR count). The number of benzene rings is 7. The molecule has 7 aromatic carbocycles. The molecule has 2 aliphatic carbocycles. The molecule has 0 aliphatic heterocycles. The number of nitrogens with zero attached hydrogens (tertiary/aromatic N) is 3. The van der Waals surface area contributed by atoms with E-state index < -0.39 is 0 Å². The highest BCUT2D eigenvalue weighted by atomic mass is 14.9. The van der Waals surface area contributed by atoms with E-state index in [9.17, 15) is 10.8 Å². The van der Waals surface area contributed by atoms with Crippen LogP contribution in [0.15, 0.2) is 182 Å². The molecule has 61 heavy (non-hydrogen) atoms. The van der Waals surface area contributed by atoms with Crippen LogP contribution in [-0.2, 0) is 5.41 Å². The van der Waals surface area contributed by atoms with Gasteiger partial charge in [-0.15, -0.1) is 0 Å². The number of rotatable bonds is 6. The summed E-state index contributed by atoms with van der Waals surface area (Å²) in [7, 11) is 0. The van der Waals surface area contributed by atoms with Crippen molar-refractivity contribution in [2.75, 3.05) is 0 Å². The molecule has 5 nitrogen and oxygen atoms in total. The van der Waals surface area contributed by atoms with E-state index in [0.29, 0.717) is 11.4 Å². The fourth-order valence-electron chi connectivity index (χ4n) is 9.15. The maximum atomic E-state index is 9.31. The van der Waals surface area contributed by atoms with E-state index in [4.69, 9.17) is 15.0 Å². The molecule has 0 unspecified atom stereocenters. The zero-order valence-corrected chi connectivity index (χ0v) is 33.7. The van der Waals surface area contributed by atoms with Gasteiger partial charge in [-0.25, -0.2) is 15.0 Å². The number of para-hydroxylation sites is 1. The van der Waals surface area contributed by atoms with Crippen LogP contribution in [0, 0.1) is 10.8 Å². The lowest BCUT2D eigenvalue weighted by Crippen LogP contribution is -2.21. The molecule has 0 spiro atoms. The third-order valence-electron chi connectivity index (χ3n) is 12.4. The first kappa shape index (κ1) is 36.2. The molecule has 0 saturated heterocycles. The van der Waals surface area contributed by atoms with Crippen LogP contribution in [0.25, 0.3) is 90.0 Å². The number of pyridine rings is 1. The normalized spacial score (nSPS) is 13.7. The van der Waals surface area contributed by atoms with Gasteiger partial charge in [0.1, 0.15) is 0 Å². The number of hydrogen-bond acceptors (Lipinski definition) is 5. The van der Waals surface area contributed by atoms with E-state index in [1.807, 2.05) is 103 Å². The smallest absolute Gasteiger partial charge is 0.160 e. The Morgan fingerprint density at radius 1 is 0.426 bits per heavy atom. The van der Waals surface area contributed by atoms with Crippen LogP contribution in [0.2, 0.25) is 0 Å². The van der Waals surface area contributed by atoms with Crippen molar-refractivity contribution >= 4 is 34.0 Å². The highest BCUT2D eigenvalue weighted by Gasteiger charge is 2.35. The Bertz CT molecular complexity index is 3270. The van der Waals surface area contributed by atoms with Crippen LogP contribution in [0.4, 0.5) is 0 Å². The van der Waals surface area contributed by atoms with Crippen LogP contribution < -0.4 is 0 Å². The topological polar surface area (TPSA) is 86.4 Å². The first-order valence-electron chi connectivity index (χ1n) is 20.6. The monoisotopic (exact) mass is 781 g/mol. The quantitative estimate of drug-likeness (QED) is 0.176. The fourth-order valence-corrected chi connectivity index (χ4v) is 9.15. The summed E-state index contributed by atoms with van der Waals surface area (Å²) in [4.78, 5) is 15.3. The van der Waals surface area contributed by atoms with Crippen LogP contribution in [-0.4, -0.2) is 26.4 Å². The minimum Gasteiger partial charge on any atom is -0.298 e. The second kappa shape index (κ2) is 14.1. The predicted octanol–water partition coefficient (Wildman–Crippen LogP) is 13.6. The Morgan fingerprint density at radius 2 is 0.984 bits per heavy atom. The van der Waals surface area contributed by atoms with Crippen molar-refractivity contribution in [3.05, 3.63) is 210 Å². The van der Waals surface area contributed by atoms with Gasteiger partial charge < -0.3 is 0 Å². The molecule has 0 saturated carbocycles. The molecule has 288 valence electrons. The van der Waals surface area contributed by atoms with Gasteiger partial charge in [0.05, 0.1) is 34.0 Å². The average Bonchev–Trinajstić information content (AvgIpc) is 3.55. The molecule has 5 heteroatoms. The van der Waals surface area contributed by atoms with Gasteiger partial charge in [-0.3, -0.25) is 10.8 Å². The highest BCUT2D eigenvalue weighted by Crippen LogP contribution is 2.49. The van der Waals surface area contributed by atoms with Crippen molar-refractivity contribution in [2.45, 2.75) is 19.3 Å². The van der Waals surface area contributed by atoms with Crippen LogP contribution in [0.1, 0.15) is 41.7 Å². The Labute approximate surface area is 354 Å². The van der Waals surface area contributed by atoms with E-state index in [1.165, 1.54) is 27.8 Å². The minimum absolute atomic E-state index is 0.0620. The molecule has 2 aliphatic rings. The van der Waals surface area contributed by atoms with Gasteiger partial charge in [0.25, 0.3) is 0 Å². The van der Waals surface area contributed by atoms with Gasteiger partial charge in [0, 0.05) is 49.8 Å². The molecular weight excluding hydrogens is 743 g/mol. The summed E-state index contributed by atoms with van der Waals surface area (Å²) in [5.41, 5.74) is 18.3. The maximum absolute atomic E-state index is 9.31. The van der Waals surface area contributed by atoms with Crippen molar-refractivity contribution in [1.29, 1.82) is 10.8 Å². The molecule has 2 aromatic heterocycles. The van der Waals surface area contributed by atoms with Gasteiger partial charge in [0.2, 0.25) is 0 Å².